The quantitative estimate of drug-likeness (QED) is 0.682. The Kier molecular flexibility index (Phi) is 8.00. The van der Waals surface area contributed by atoms with Gasteiger partial charge in [-0.25, -0.2) is 0 Å². The molecule has 3 heteroatoms. The van der Waals surface area contributed by atoms with E-state index in [2.05, 4.69) is 80.3 Å². The van der Waals surface area contributed by atoms with E-state index in [1.165, 1.54) is 11.1 Å². The van der Waals surface area contributed by atoms with Gasteiger partial charge in [0.1, 0.15) is 12.0 Å². The lowest BCUT2D eigenvalue weighted by Gasteiger charge is -2.26. The van der Waals surface area contributed by atoms with E-state index in [1.54, 1.807) is 0 Å². The van der Waals surface area contributed by atoms with E-state index in [-0.39, 0.29) is 18.6 Å². The second kappa shape index (κ2) is 9.50. The predicted molar refractivity (Wildman–Crippen MR) is 95.9 cm³/mol. The van der Waals surface area contributed by atoms with Crippen LogP contribution in [0.3, 0.4) is 0 Å². The first-order chi connectivity index (χ1) is 10.2. The second-order valence-electron chi connectivity index (χ2n) is 5.24. The van der Waals surface area contributed by atoms with Crippen LogP contribution in [-0.2, 0) is 6.42 Å². The summed E-state index contributed by atoms with van der Waals surface area (Å²) in [6, 6.07) is 19.0. The molecule has 0 aliphatic carbocycles. The lowest BCUT2D eigenvalue weighted by Crippen LogP contribution is -2.36. The van der Waals surface area contributed by atoms with Gasteiger partial charge in [-0.3, -0.25) is 4.90 Å². The van der Waals surface area contributed by atoms with Gasteiger partial charge in [0.05, 0.1) is 0 Å². The molecular formula is C19H26ClNO. The average Bonchev–Trinajstić information content (AvgIpc) is 2.51. The van der Waals surface area contributed by atoms with Gasteiger partial charge in [-0.05, 0) is 49.7 Å². The van der Waals surface area contributed by atoms with Crippen molar-refractivity contribution in [3.8, 4) is 5.75 Å². The zero-order chi connectivity index (χ0) is 15.1. The van der Waals surface area contributed by atoms with Crippen LogP contribution < -0.4 is 4.74 Å². The maximum absolute atomic E-state index is 5.99. The summed E-state index contributed by atoms with van der Waals surface area (Å²) in [5.74, 6) is 0.936. The molecule has 2 aromatic carbocycles. The van der Waals surface area contributed by atoms with Crippen LogP contribution in [0.15, 0.2) is 54.6 Å². The molecule has 0 spiro atoms. The van der Waals surface area contributed by atoms with Crippen LogP contribution >= 0.6 is 12.4 Å². The minimum Gasteiger partial charge on any atom is -0.475 e. The molecule has 1 atom stereocenters. The van der Waals surface area contributed by atoms with E-state index < -0.39 is 0 Å². The fourth-order valence-corrected chi connectivity index (χ4v) is 2.53. The third-order valence-electron chi connectivity index (χ3n) is 3.81. The first kappa shape index (κ1) is 18.5. The molecule has 0 bridgehead atoms. The van der Waals surface area contributed by atoms with Gasteiger partial charge in [-0.1, -0.05) is 56.3 Å². The summed E-state index contributed by atoms with van der Waals surface area (Å²) in [4.78, 5) is 2.29. The average molecular weight is 320 g/mol. The van der Waals surface area contributed by atoms with E-state index in [9.17, 15) is 0 Å². The third-order valence-corrected chi connectivity index (χ3v) is 3.81. The van der Waals surface area contributed by atoms with Gasteiger partial charge in [0.25, 0.3) is 0 Å². The van der Waals surface area contributed by atoms with E-state index in [4.69, 9.17) is 4.74 Å². The molecule has 0 radical (unpaired) electrons. The van der Waals surface area contributed by atoms with Crippen molar-refractivity contribution in [3.63, 3.8) is 0 Å². The maximum Gasteiger partial charge on any atom is 0.149 e. The highest BCUT2D eigenvalue weighted by molar-refractivity contribution is 5.85. The fourth-order valence-electron chi connectivity index (χ4n) is 2.53. The molecule has 0 aromatic heterocycles. The second-order valence-corrected chi connectivity index (χ2v) is 5.24. The molecule has 0 fully saturated rings. The minimum absolute atomic E-state index is 0. The molecule has 120 valence electrons. The number of hydrogen-bond acceptors (Lipinski definition) is 2. The van der Waals surface area contributed by atoms with Crippen LogP contribution in [0.5, 0.6) is 5.75 Å². The Hall–Kier alpha value is -1.51. The predicted octanol–water partition coefficient (Wildman–Crippen LogP) is 4.77. The summed E-state index contributed by atoms with van der Waals surface area (Å²) in [6.07, 6.45) is 1.08. The van der Waals surface area contributed by atoms with Crippen molar-refractivity contribution in [1.29, 1.82) is 0 Å². The molecule has 0 aliphatic rings. The highest BCUT2D eigenvalue weighted by Crippen LogP contribution is 2.17. The first-order valence-corrected chi connectivity index (χ1v) is 7.76. The Morgan fingerprint density at radius 3 is 1.95 bits per heavy atom. The van der Waals surface area contributed by atoms with Gasteiger partial charge in [-0.15, -0.1) is 12.4 Å². The Bertz CT molecular complexity index is 523. The molecule has 0 heterocycles. The van der Waals surface area contributed by atoms with Gasteiger partial charge in [0.15, 0.2) is 0 Å². The highest BCUT2D eigenvalue weighted by Gasteiger charge is 2.11. The largest absolute Gasteiger partial charge is 0.475 e. The first-order valence-electron chi connectivity index (χ1n) is 7.76. The van der Waals surface area contributed by atoms with E-state index in [1.807, 2.05) is 0 Å². The monoisotopic (exact) mass is 319 g/mol. The number of ether oxygens (including phenoxy) is 1. The van der Waals surface area contributed by atoms with E-state index in [0.717, 1.165) is 25.3 Å². The molecule has 0 aliphatic heterocycles. The molecule has 22 heavy (non-hydrogen) atoms. The summed E-state index contributed by atoms with van der Waals surface area (Å²) in [7, 11) is 0. The maximum atomic E-state index is 5.99. The van der Waals surface area contributed by atoms with Crippen molar-refractivity contribution in [2.75, 3.05) is 13.1 Å². The summed E-state index contributed by atoms with van der Waals surface area (Å²) >= 11 is 0. The zero-order valence-corrected chi connectivity index (χ0v) is 14.5. The fraction of sp³-hybridized carbons (Fsp3) is 0.368. The summed E-state index contributed by atoms with van der Waals surface area (Å²) in [5, 5.41) is 0. The van der Waals surface area contributed by atoms with E-state index in [0.29, 0.717) is 0 Å². The molecular weight excluding hydrogens is 294 g/mol. The van der Waals surface area contributed by atoms with Crippen LogP contribution in [0.2, 0.25) is 0 Å². The lowest BCUT2D eigenvalue weighted by molar-refractivity contribution is 0.0481. The summed E-state index contributed by atoms with van der Waals surface area (Å²) in [5.41, 5.74) is 2.65. The van der Waals surface area contributed by atoms with Gasteiger partial charge in [-0.2, -0.15) is 0 Å². The summed E-state index contributed by atoms with van der Waals surface area (Å²) in [6.45, 7) is 8.43. The molecule has 0 saturated heterocycles. The van der Waals surface area contributed by atoms with Crippen molar-refractivity contribution in [3.05, 3.63) is 65.7 Å². The van der Waals surface area contributed by atoms with Gasteiger partial charge in [0, 0.05) is 0 Å². The van der Waals surface area contributed by atoms with Crippen molar-refractivity contribution in [2.24, 2.45) is 0 Å². The lowest BCUT2D eigenvalue weighted by atomic mass is 10.1. The standard InChI is InChI=1S/C19H25NO.ClH/c1-4-20(5-2)16(3)21-19-13-11-18(12-14-19)15-17-9-7-6-8-10-17;/h6-14,16H,4-5,15H2,1-3H3;1H. The minimum atomic E-state index is 0. The van der Waals surface area contributed by atoms with E-state index >= 15 is 0 Å². The Balaban J connectivity index is 0.00000242. The summed E-state index contributed by atoms with van der Waals surface area (Å²) < 4.78 is 5.99. The van der Waals surface area contributed by atoms with Crippen molar-refractivity contribution >= 4 is 12.4 Å². The van der Waals surface area contributed by atoms with Crippen LogP contribution in [0, 0.1) is 0 Å². The van der Waals surface area contributed by atoms with Crippen LogP contribution in [-0.4, -0.2) is 24.2 Å². The Morgan fingerprint density at radius 2 is 1.41 bits per heavy atom. The number of nitrogens with zero attached hydrogens (tertiary/aromatic N) is 1. The van der Waals surface area contributed by atoms with Gasteiger partial charge in [0.2, 0.25) is 0 Å². The molecule has 2 nitrogen and oxygen atoms in total. The molecule has 2 rings (SSSR count). The van der Waals surface area contributed by atoms with Crippen LogP contribution in [0.4, 0.5) is 0 Å². The normalized spacial score (nSPS) is 11.8. The number of halogens is 1. The van der Waals surface area contributed by atoms with Gasteiger partial charge < -0.3 is 4.74 Å². The number of benzene rings is 2. The zero-order valence-electron chi connectivity index (χ0n) is 13.7. The van der Waals surface area contributed by atoms with Crippen molar-refractivity contribution in [1.82, 2.24) is 4.90 Å². The van der Waals surface area contributed by atoms with Crippen molar-refractivity contribution in [2.45, 2.75) is 33.4 Å². The Morgan fingerprint density at radius 1 is 0.864 bits per heavy atom. The molecule has 2 aromatic rings. The molecule has 0 amide bonds. The topological polar surface area (TPSA) is 12.5 Å². The van der Waals surface area contributed by atoms with Crippen LogP contribution in [0.1, 0.15) is 31.9 Å². The van der Waals surface area contributed by atoms with Gasteiger partial charge >= 0.3 is 0 Å². The molecule has 0 N–H and O–H groups in total. The Labute approximate surface area is 140 Å². The number of hydrogen-bond donors (Lipinski definition) is 0. The smallest absolute Gasteiger partial charge is 0.149 e. The third kappa shape index (κ3) is 5.36. The molecule has 0 saturated carbocycles. The highest BCUT2D eigenvalue weighted by atomic mass is 35.5. The SMILES string of the molecule is CCN(CC)C(C)Oc1ccc(Cc2ccccc2)cc1.Cl. The number of rotatable bonds is 7. The molecule has 1 unspecified atom stereocenters. The van der Waals surface area contributed by atoms with Crippen LogP contribution in [0.25, 0.3) is 0 Å². The van der Waals surface area contributed by atoms with Crippen molar-refractivity contribution < 1.29 is 4.74 Å².